The molecule has 0 radical (unpaired) electrons. The number of benzene rings is 1. The Labute approximate surface area is 267 Å². The van der Waals surface area contributed by atoms with Crippen LogP contribution < -0.4 is 5.32 Å². The molecular weight excluding hydrogens is 620 g/mol. The summed E-state index contributed by atoms with van der Waals surface area (Å²) in [5.74, 6) is -1.21. The van der Waals surface area contributed by atoms with Crippen molar-refractivity contribution in [3.05, 3.63) is 45.8 Å². The van der Waals surface area contributed by atoms with Crippen LogP contribution in [0.2, 0.25) is 0 Å². The van der Waals surface area contributed by atoms with Crippen LogP contribution in [0.25, 0.3) is 0 Å². The van der Waals surface area contributed by atoms with Crippen molar-refractivity contribution in [3.63, 3.8) is 0 Å². The lowest BCUT2D eigenvalue weighted by Crippen LogP contribution is -2.40. The van der Waals surface area contributed by atoms with E-state index in [1.807, 2.05) is 4.90 Å². The van der Waals surface area contributed by atoms with Crippen molar-refractivity contribution in [2.45, 2.75) is 63.8 Å². The van der Waals surface area contributed by atoms with Gasteiger partial charge in [0.05, 0.1) is 36.1 Å². The number of nitrogens with zero attached hydrogens (tertiary/aromatic N) is 3. The smallest absolute Gasteiger partial charge is 0.410 e. The van der Waals surface area contributed by atoms with E-state index in [2.05, 4.69) is 5.32 Å². The average Bonchev–Trinajstić information content (AvgIpc) is 3.42. The maximum Gasteiger partial charge on any atom is 0.410 e. The van der Waals surface area contributed by atoms with Gasteiger partial charge >= 0.3 is 12.1 Å². The molecule has 14 heteroatoms. The predicted molar refractivity (Wildman–Crippen MR) is 168 cm³/mol. The SMILES string of the molecule is CCOC(=O)C1CCN(S(=O)(=O)c2ccc(C(=O)Nc3sc4c(c3C(=O)N3CCCCC3)CCN(C(=O)OCC)C4)cc2)CC1. The van der Waals surface area contributed by atoms with E-state index in [1.54, 1.807) is 18.7 Å². The topological polar surface area (TPSA) is 143 Å². The zero-order chi connectivity index (χ0) is 32.1. The minimum Gasteiger partial charge on any atom is -0.466 e. The van der Waals surface area contributed by atoms with Crippen molar-refractivity contribution in [2.75, 3.05) is 51.3 Å². The average molecular weight is 661 g/mol. The van der Waals surface area contributed by atoms with Gasteiger partial charge in [0.25, 0.3) is 11.8 Å². The van der Waals surface area contributed by atoms with Crippen molar-refractivity contribution in [1.29, 1.82) is 0 Å². The number of sulfonamides is 1. The Morgan fingerprint density at radius 1 is 0.889 bits per heavy atom. The first-order chi connectivity index (χ1) is 21.6. The van der Waals surface area contributed by atoms with Gasteiger partial charge in [0.15, 0.2) is 0 Å². The Morgan fingerprint density at radius 3 is 2.20 bits per heavy atom. The lowest BCUT2D eigenvalue weighted by Gasteiger charge is -2.30. The number of ether oxygens (including phenoxy) is 2. The summed E-state index contributed by atoms with van der Waals surface area (Å²) in [6.07, 6.45) is 3.76. The van der Waals surface area contributed by atoms with Crippen LogP contribution in [0.1, 0.15) is 77.1 Å². The standard InChI is InChI=1S/C31H40N4O8S2/c1-3-42-30(38)22-12-18-35(19-13-22)45(40,41)23-10-8-21(9-11-23)27(36)32-28-26(29(37)33-15-6-5-7-16-33)24-14-17-34(20-25(24)44-28)31(39)43-4-2/h8-11,22H,3-7,12-20H2,1-2H3,(H,32,36). The largest absolute Gasteiger partial charge is 0.466 e. The third-order valence-electron chi connectivity index (χ3n) is 8.50. The molecule has 1 N–H and O–H groups in total. The van der Waals surface area contributed by atoms with Crippen molar-refractivity contribution in [3.8, 4) is 0 Å². The number of carbonyl (C=O) groups is 4. The molecule has 2 saturated heterocycles. The van der Waals surface area contributed by atoms with Crippen molar-refractivity contribution < 1.29 is 37.1 Å². The molecule has 244 valence electrons. The van der Waals surface area contributed by atoms with Gasteiger partial charge in [-0.05, 0) is 82.2 Å². The lowest BCUT2D eigenvalue weighted by molar-refractivity contribution is -0.149. The number of fused-ring (bicyclic) bond motifs is 1. The van der Waals surface area contributed by atoms with Gasteiger partial charge in [0.2, 0.25) is 10.0 Å². The summed E-state index contributed by atoms with van der Waals surface area (Å²) >= 11 is 1.28. The maximum absolute atomic E-state index is 13.8. The van der Waals surface area contributed by atoms with E-state index in [4.69, 9.17) is 9.47 Å². The highest BCUT2D eigenvalue weighted by atomic mass is 32.2. The van der Waals surface area contributed by atoms with Gasteiger partial charge in [0, 0.05) is 43.2 Å². The van der Waals surface area contributed by atoms with E-state index in [0.717, 1.165) is 29.7 Å². The monoisotopic (exact) mass is 660 g/mol. The molecule has 3 amide bonds. The molecule has 5 rings (SSSR count). The van der Waals surface area contributed by atoms with Gasteiger partial charge in [0.1, 0.15) is 5.00 Å². The van der Waals surface area contributed by atoms with E-state index in [1.165, 1.54) is 39.9 Å². The number of esters is 1. The van der Waals surface area contributed by atoms with Crippen LogP contribution in [0.4, 0.5) is 9.80 Å². The number of anilines is 1. The van der Waals surface area contributed by atoms with Crippen molar-refractivity contribution in [1.82, 2.24) is 14.1 Å². The normalized spacial score (nSPS) is 17.8. The Hall–Kier alpha value is -3.49. The molecule has 12 nitrogen and oxygen atoms in total. The summed E-state index contributed by atoms with van der Waals surface area (Å²) in [5.41, 5.74) is 1.56. The number of likely N-dealkylation sites (tertiary alicyclic amines) is 1. The fourth-order valence-corrected chi connectivity index (χ4v) is 8.76. The Balaban J connectivity index is 1.32. The van der Waals surface area contributed by atoms with Gasteiger partial charge in [-0.2, -0.15) is 4.31 Å². The quantitative estimate of drug-likeness (QED) is 0.417. The first kappa shape index (κ1) is 32.9. The molecule has 3 aliphatic heterocycles. The van der Waals surface area contributed by atoms with Crippen LogP contribution >= 0.6 is 11.3 Å². The molecule has 0 aliphatic carbocycles. The van der Waals surface area contributed by atoms with Crippen LogP contribution in [-0.2, 0) is 37.3 Å². The van der Waals surface area contributed by atoms with E-state index in [0.29, 0.717) is 56.0 Å². The summed E-state index contributed by atoms with van der Waals surface area (Å²) < 4.78 is 38.2. The highest BCUT2D eigenvalue weighted by molar-refractivity contribution is 7.89. The second-order valence-electron chi connectivity index (χ2n) is 11.3. The third-order valence-corrected chi connectivity index (χ3v) is 11.5. The molecule has 3 aliphatic rings. The Kier molecular flexibility index (Phi) is 10.4. The van der Waals surface area contributed by atoms with E-state index in [9.17, 15) is 27.6 Å². The highest BCUT2D eigenvalue weighted by Gasteiger charge is 2.35. The van der Waals surface area contributed by atoms with Gasteiger partial charge in [-0.15, -0.1) is 11.3 Å². The molecule has 2 fully saturated rings. The first-order valence-electron chi connectivity index (χ1n) is 15.6. The number of nitrogens with one attached hydrogen (secondary N) is 1. The van der Waals surface area contributed by atoms with Gasteiger partial charge in [-0.3, -0.25) is 14.4 Å². The second-order valence-corrected chi connectivity index (χ2v) is 14.4. The van der Waals surface area contributed by atoms with Crippen LogP contribution in [0, 0.1) is 5.92 Å². The molecule has 0 spiro atoms. The number of piperidine rings is 2. The molecule has 1 aromatic carbocycles. The molecule has 1 aromatic heterocycles. The van der Waals surface area contributed by atoms with Gasteiger partial charge in [-0.25, -0.2) is 13.2 Å². The summed E-state index contributed by atoms with van der Waals surface area (Å²) in [5, 5.41) is 3.34. The molecule has 4 heterocycles. The number of thiophene rings is 1. The van der Waals surface area contributed by atoms with Crippen molar-refractivity contribution >= 4 is 50.2 Å². The molecule has 2 aromatic rings. The maximum atomic E-state index is 13.8. The zero-order valence-electron chi connectivity index (χ0n) is 25.7. The molecule has 0 bridgehead atoms. The fourth-order valence-electron chi connectivity index (χ4n) is 6.04. The number of rotatable bonds is 8. The lowest BCUT2D eigenvalue weighted by atomic mass is 9.98. The van der Waals surface area contributed by atoms with Gasteiger partial charge in [-0.1, -0.05) is 0 Å². The molecule has 0 unspecified atom stereocenters. The number of carbonyl (C=O) groups excluding carboxylic acids is 4. The Morgan fingerprint density at radius 2 is 1.56 bits per heavy atom. The predicted octanol–water partition coefficient (Wildman–Crippen LogP) is 4.10. The molecule has 0 atom stereocenters. The summed E-state index contributed by atoms with van der Waals surface area (Å²) in [6.45, 7) is 6.47. The van der Waals surface area contributed by atoms with Crippen LogP contribution in [0.15, 0.2) is 29.2 Å². The third kappa shape index (κ3) is 7.17. The van der Waals surface area contributed by atoms with Crippen LogP contribution in [0.5, 0.6) is 0 Å². The van der Waals surface area contributed by atoms with Gasteiger partial charge < -0.3 is 24.6 Å². The van der Waals surface area contributed by atoms with Crippen LogP contribution in [-0.4, -0.2) is 92.3 Å². The minimum absolute atomic E-state index is 0.0558. The summed E-state index contributed by atoms with van der Waals surface area (Å²) in [6, 6.07) is 5.71. The van der Waals surface area contributed by atoms with E-state index < -0.39 is 22.0 Å². The number of amides is 3. The fraction of sp³-hybridized carbons (Fsp3) is 0.548. The number of hydrogen-bond acceptors (Lipinski definition) is 9. The van der Waals surface area contributed by atoms with Crippen molar-refractivity contribution in [2.24, 2.45) is 5.92 Å². The highest BCUT2D eigenvalue weighted by Crippen LogP contribution is 2.39. The van der Waals surface area contributed by atoms with E-state index in [-0.39, 0.29) is 54.6 Å². The molecule has 45 heavy (non-hydrogen) atoms. The Bertz CT molecular complexity index is 1530. The second kappa shape index (κ2) is 14.3. The minimum atomic E-state index is -3.81. The molecular formula is C31H40N4O8S2. The van der Waals surface area contributed by atoms with E-state index >= 15 is 0 Å². The zero-order valence-corrected chi connectivity index (χ0v) is 27.3. The molecule has 0 saturated carbocycles. The summed E-state index contributed by atoms with van der Waals surface area (Å²) in [7, 11) is -3.81. The number of hydrogen-bond donors (Lipinski definition) is 1. The van der Waals surface area contributed by atoms with Crippen LogP contribution in [0.3, 0.4) is 0 Å². The summed E-state index contributed by atoms with van der Waals surface area (Å²) in [4.78, 5) is 56.0. The first-order valence-corrected chi connectivity index (χ1v) is 17.8.